The Morgan fingerprint density at radius 3 is 2.17 bits per heavy atom. The molecule has 1 unspecified atom stereocenters. The number of ether oxygens (including phenoxy) is 2. The molecule has 0 rings (SSSR count). The number of thiocarbonyl (C=S) groups is 1. The third kappa shape index (κ3) is 14.3. The number of rotatable bonds is 11. The van der Waals surface area contributed by atoms with Crippen molar-refractivity contribution in [3.8, 4) is 6.07 Å². The second kappa shape index (κ2) is 11.9. The van der Waals surface area contributed by atoms with Gasteiger partial charge >= 0.3 is 0 Å². The van der Waals surface area contributed by atoms with Crippen molar-refractivity contribution >= 4 is 45.2 Å². The van der Waals surface area contributed by atoms with Crippen molar-refractivity contribution < 1.29 is 14.3 Å². The van der Waals surface area contributed by atoms with Crippen LogP contribution in [0.25, 0.3) is 0 Å². The molecule has 0 aromatic heterocycles. The Bertz CT molecular complexity index is 595. The summed E-state index contributed by atoms with van der Waals surface area (Å²) in [6.45, 7) is 18.6. The zero-order chi connectivity index (χ0) is 22.9. The van der Waals surface area contributed by atoms with Gasteiger partial charge in [0.15, 0.2) is 0 Å². The normalized spacial score (nSPS) is 14.8. The van der Waals surface area contributed by atoms with Gasteiger partial charge in [-0.05, 0) is 67.6 Å². The fraction of sp³-hybridized carbons (Fsp3) is 0.857. The lowest BCUT2D eigenvalue weighted by Gasteiger charge is -2.36. The minimum Gasteiger partial charge on any atom is -0.371 e. The number of nitriles is 1. The molecule has 0 bridgehead atoms. The van der Waals surface area contributed by atoms with E-state index >= 15 is 0 Å². The minimum absolute atomic E-state index is 0.0944. The molecule has 8 heteroatoms. The van der Waals surface area contributed by atoms with Gasteiger partial charge in [-0.25, -0.2) is 0 Å². The molecule has 0 saturated heterocycles. The van der Waals surface area contributed by atoms with Crippen molar-refractivity contribution in [1.82, 2.24) is 5.32 Å². The van der Waals surface area contributed by atoms with Crippen LogP contribution in [0.2, 0.25) is 0 Å². The van der Waals surface area contributed by atoms with Gasteiger partial charge in [0.05, 0.1) is 29.5 Å². The van der Waals surface area contributed by atoms with Crippen LogP contribution in [0.1, 0.15) is 75.2 Å². The van der Waals surface area contributed by atoms with Gasteiger partial charge in [-0.3, -0.25) is 4.79 Å². The molecule has 1 amide bonds. The van der Waals surface area contributed by atoms with Crippen LogP contribution < -0.4 is 5.32 Å². The Balaban J connectivity index is 4.50. The molecule has 0 aliphatic carbocycles. The van der Waals surface area contributed by atoms with Crippen molar-refractivity contribution in [2.24, 2.45) is 0 Å². The summed E-state index contributed by atoms with van der Waals surface area (Å²) in [5.41, 5.74) is -1.21. The standard InChI is InChI=1S/C21H38N2O3S3/c1-10-28-17(27)29-21(9,13-22)12-11-16(24)23-14-19(5,6)25-15-20(7,8)26-18(2,3)4/h10-12,14-15H2,1-9H3,(H,23,24). The fourth-order valence-electron chi connectivity index (χ4n) is 2.49. The van der Waals surface area contributed by atoms with Crippen LogP contribution in [0.5, 0.6) is 0 Å². The van der Waals surface area contributed by atoms with Crippen molar-refractivity contribution in [1.29, 1.82) is 5.26 Å². The number of hydrogen-bond donors (Lipinski definition) is 1. The van der Waals surface area contributed by atoms with E-state index in [1.165, 1.54) is 11.8 Å². The van der Waals surface area contributed by atoms with Crippen LogP contribution in [0.3, 0.4) is 0 Å². The van der Waals surface area contributed by atoms with Crippen LogP contribution in [-0.2, 0) is 14.3 Å². The van der Waals surface area contributed by atoms with Gasteiger partial charge in [0.2, 0.25) is 5.91 Å². The molecule has 1 N–H and O–H groups in total. The lowest BCUT2D eigenvalue weighted by molar-refractivity contribution is -0.166. The highest BCUT2D eigenvalue weighted by molar-refractivity contribution is 8.47. The molecular weight excluding hydrogens is 424 g/mol. The number of nitrogens with zero attached hydrogens (tertiary/aromatic N) is 1. The molecule has 29 heavy (non-hydrogen) atoms. The van der Waals surface area contributed by atoms with Gasteiger partial charge in [0.1, 0.15) is 8.28 Å². The van der Waals surface area contributed by atoms with E-state index in [9.17, 15) is 10.1 Å². The van der Waals surface area contributed by atoms with E-state index < -0.39 is 15.9 Å². The summed E-state index contributed by atoms with van der Waals surface area (Å²) in [6, 6.07) is 2.29. The topological polar surface area (TPSA) is 71.4 Å². The number of hydrogen-bond acceptors (Lipinski definition) is 7. The van der Waals surface area contributed by atoms with Crippen molar-refractivity contribution in [2.75, 3.05) is 18.9 Å². The molecular formula is C21H38N2O3S3. The highest BCUT2D eigenvalue weighted by Gasteiger charge is 2.31. The Hall–Kier alpha value is -0.330. The summed E-state index contributed by atoms with van der Waals surface area (Å²) in [4.78, 5) is 12.3. The minimum atomic E-state index is -0.697. The predicted molar refractivity (Wildman–Crippen MR) is 130 cm³/mol. The average molecular weight is 463 g/mol. The first-order valence-corrected chi connectivity index (χ1v) is 12.1. The van der Waals surface area contributed by atoms with Gasteiger partial charge < -0.3 is 14.8 Å². The molecule has 1 atom stereocenters. The first-order chi connectivity index (χ1) is 13.0. The zero-order valence-electron chi connectivity index (χ0n) is 19.4. The summed E-state index contributed by atoms with van der Waals surface area (Å²) in [5, 5.41) is 12.4. The maximum atomic E-state index is 12.3. The maximum Gasteiger partial charge on any atom is 0.220 e. The van der Waals surface area contributed by atoms with Gasteiger partial charge in [-0.1, -0.05) is 30.9 Å². The first-order valence-electron chi connectivity index (χ1n) is 9.91. The average Bonchev–Trinajstić information content (AvgIpc) is 2.55. The van der Waals surface area contributed by atoms with Crippen LogP contribution in [0.4, 0.5) is 0 Å². The molecule has 5 nitrogen and oxygen atoms in total. The van der Waals surface area contributed by atoms with Gasteiger partial charge in [-0.2, -0.15) is 5.26 Å². The van der Waals surface area contributed by atoms with E-state index in [0.29, 0.717) is 19.6 Å². The van der Waals surface area contributed by atoms with E-state index in [4.69, 9.17) is 21.7 Å². The van der Waals surface area contributed by atoms with Gasteiger partial charge in [0, 0.05) is 13.0 Å². The summed E-state index contributed by atoms with van der Waals surface area (Å²) >= 11 is 8.20. The summed E-state index contributed by atoms with van der Waals surface area (Å²) in [7, 11) is 0. The number of carbonyl (C=O) groups is 1. The fourth-order valence-corrected chi connectivity index (χ4v) is 5.39. The SMILES string of the molecule is CCSC(=S)SC(C)(C#N)CCC(=O)NCC(C)(C)OCC(C)(C)OC(C)(C)C. The Morgan fingerprint density at radius 2 is 1.69 bits per heavy atom. The summed E-state index contributed by atoms with van der Waals surface area (Å²) in [6.07, 6.45) is 0.712. The molecule has 168 valence electrons. The second-order valence-corrected chi connectivity index (χ2v) is 13.4. The third-order valence-electron chi connectivity index (χ3n) is 3.74. The van der Waals surface area contributed by atoms with Crippen LogP contribution in [0, 0.1) is 11.3 Å². The molecule has 0 radical (unpaired) electrons. The molecule has 0 heterocycles. The first kappa shape index (κ1) is 28.7. The maximum absolute atomic E-state index is 12.3. The van der Waals surface area contributed by atoms with Gasteiger partial charge in [0.25, 0.3) is 0 Å². The van der Waals surface area contributed by atoms with E-state index in [0.717, 1.165) is 9.28 Å². The number of amides is 1. The highest BCUT2D eigenvalue weighted by Crippen LogP contribution is 2.34. The van der Waals surface area contributed by atoms with E-state index in [-0.39, 0.29) is 17.9 Å². The number of thioether (sulfide) groups is 2. The molecule has 0 spiro atoms. The quantitative estimate of drug-likeness (QED) is 0.416. The molecule has 0 aliphatic heterocycles. The van der Waals surface area contributed by atoms with E-state index in [2.05, 4.69) is 11.4 Å². The summed E-state index contributed by atoms with van der Waals surface area (Å²) in [5.74, 6) is 0.781. The molecule has 0 aromatic rings. The third-order valence-corrected chi connectivity index (χ3v) is 6.38. The Labute approximate surface area is 191 Å². The lowest BCUT2D eigenvalue weighted by Crippen LogP contribution is -2.45. The molecule has 0 saturated carbocycles. The number of nitrogens with one attached hydrogen (secondary N) is 1. The van der Waals surface area contributed by atoms with Crippen LogP contribution in [0.15, 0.2) is 0 Å². The highest BCUT2D eigenvalue weighted by atomic mass is 32.2. The molecule has 0 aromatic carbocycles. The van der Waals surface area contributed by atoms with Crippen molar-refractivity contribution in [2.45, 2.75) is 96.7 Å². The predicted octanol–water partition coefficient (Wildman–Crippen LogP) is 5.33. The number of carbonyl (C=O) groups excluding carboxylic acids is 1. The lowest BCUT2D eigenvalue weighted by atomic mass is 10.1. The summed E-state index contributed by atoms with van der Waals surface area (Å²) < 4.78 is 12.1. The van der Waals surface area contributed by atoms with E-state index in [1.54, 1.807) is 11.8 Å². The smallest absolute Gasteiger partial charge is 0.220 e. The van der Waals surface area contributed by atoms with Gasteiger partial charge in [-0.15, -0.1) is 11.8 Å². The Morgan fingerprint density at radius 1 is 1.10 bits per heavy atom. The van der Waals surface area contributed by atoms with Crippen LogP contribution in [-0.4, -0.2) is 49.9 Å². The monoisotopic (exact) mass is 462 g/mol. The molecule has 0 fully saturated rings. The van der Waals surface area contributed by atoms with Crippen molar-refractivity contribution in [3.63, 3.8) is 0 Å². The molecule has 0 aliphatic rings. The largest absolute Gasteiger partial charge is 0.371 e. The zero-order valence-corrected chi connectivity index (χ0v) is 21.9. The van der Waals surface area contributed by atoms with E-state index in [1.807, 2.05) is 62.3 Å². The van der Waals surface area contributed by atoms with Crippen molar-refractivity contribution in [3.05, 3.63) is 0 Å². The Kier molecular flexibility index (Phi) is 11.8. The second-order valence-electron chi connectivity index (χ2n) is 9.43. The van der Waals surface area contributed by atoms with Crippen LogP contribution >= 0.6 is 35.7 Å².